The molecule has 0 bridgehead atoms. The van der Waals surface area contributed by atoms with Gasteiger partial charge in [0.25, 0.3) is 11.9 Å². The van der Waals surface area contributed by atoms with Crippen LogP contribution >= 0.6 is 12.1 Å². The Bertz CT molecular complexity index is 1480. The summed E-state index contributed by atoms with van der Waals surface area (Å²) >= 11 is 1.18. The van der Waals surface area contributed by atoms with Crippen LogP contribution in [-0.2, 0) is 24.4 Å². The highest BCUT2D eigenvalue weighted by molar-refractivity contribution is 7.95. The average Bonchev–Trinajstić information content (AvgIpc) is 3.37. The van der Waals surface area contributed by atoms with Gasteiger partial charge in [-0.05, 0) is 55.6 Å². The van der Waals surface area contributed by atoms with E-state index in [2.05, 4.69) is 9.71 Å². The first-order valence-corrected chi connectivity index (χ1v) is 13.0. The number of fused-ring (bicyclic) bond motifs is 2. The molecule has 0 radical (unpaired) electrons. The molecular weight excluding hydrogens is 523 g/mol. The van der Waals surface area contributed by atoms with Crippen molar-refractivity contribution in [1.82, 2.24) is 14.0 Å². The van der Waals surface area contributed by atoms with E-state index < -0.39 is 11.9 Å². The number of nitrogens with zero attached hydrogens (tertiary/aromatic N) is 3. The van der Waals surface area contributed by atoms with E-state index in [0.717, 1.165) is 22.4 Å². The first kappa shape index (κ1) is 26.6. The monoisotopic (exact) mass is 552 g/mol. The quantitative estimate of drug-likeness (QED) is 0.296. The SMILES string of the molecule is COc1ccc(COc2c(OC)ccc3c2C[C@@H](C(=O)NSN(C)C)N(c2nc4ccc(F)cc4o2)C3)cc1. The van der Waals surface area contributed by atoms with E-state index in [9.17, 15) is 9.18 Å². The van der Waals surface area contributed by atoms with Crippen molar-refractivity contribution in [2.24, 2.45) is 0 Å². The predicted octanol–water partition coefficient (Wildman–Crippen LogP) is 4.74. The fourth-order valence-electron chi connectivity index (χ4n) is 4.46. The first-order valence-electron chi connectivity index (χ1n) is 12.3. The first-order chi connectivity index (χ1) is 18.9. The molecule has 0 saturated carbocycles. The van der Waals surface area contributed by atoms with Crippen molar-refractivity contribution in [3.8, 4) is 17.2 Å². The Morgan fingerprint density at radius 3 is 2.67 bits per heavy atom. The number of carbonyl (C=O) groups is 1. The minimum Gasteiger partial charge on any atom is -0.497 e. The number of carbonyl (C=O) groups excluding carboxylic acids is 1. The van der Waals surface area contributed by atoms with Gasteiger partial charge in [0, 0.05) is 36.7 Å². The number of benzene rings is 3. The molecule has 1 amide bonds. The van der Waals surface area contributed by atoms with Crippen molar-refractivity contribution < 1.29 is 27.8 Å². The molecule has 1 aliphatic rings. The second-order valence-electron chi connectivity index (χ2n) is 9.20. The lowest BCUT2D eigenvalue weighted by molar-refractivity contribution is -0.120. The smallest absolute Gasteiger partial charge is 0.299 e. The third kappa shape index (κ3) is 5.74. The molecule has 9 nitrogen and oxygen atoms in total. The van der Waals surface area contributed by atoms with Crippen LogP contribution in [0.1, 0.15) is 16.7 Å². The highest BCUT2D eigenvalue weighted by atomic mass is 32.2. The van der Waals surface area contributed by atoms with Gasteiger partial charge >= 0.3 is 0 Å². The molecule has 1 atom stereocenters. The molecule has 0 unspecified atom stereocenters. The summed E-state index contributed by atoms with van der Waals surface area (Å²) in [5, 5.41) is 0. The molecule has 4 aromatic rings. The molecule has 5 rings (SSSR count). The Morgan fingerprint density at radius 2 is 1.95 bits per heavy atom. The number of nitrogens with one attached hydrogen (secondary N) is 1. The van der Waals surface area contributed by atoms with Crippen LogP contribution in [0.15, 0.2) is 59.0 Å². The van der Waals surface area contributed by atoms with E-state index in [1.165, 1.54) is 24.3 Å². The van der Waals surface area contributed by atoms with E-state index in [-0.39, 0.29) is 11.9 Å². The molecule has 1 aromatic heterocycles. The zero-order chi connectivity index (χ0) is 27.5. The maximum Gasteiger partial charge on any atom is 0.299 e. The number of hydrogen-bond acceptors (Lipinski definition) is 9. The van der Waals surface area contributed by atoms with Crippen LogP contribution in [0.3, 0.4) is 0 Å². The Kier molecular flexibility index (Phi) is 7.80. The Labute approximate surface area is 230 Å². The lowest BCUT2D eigenvalue weighted by Gasteiger charge is -2.35. The van der Waals surface area contributed by atoms with Gasteiger partial charge < -0.3 is 23.5 Å². The van der Waals surface area contributed by atoms with Gasteiger partial charge in [-0.1, -0.05) is 18.2 Å². The average molecular weight is 553 g/mol. The number of hydrogen-bond donors (Lipinski definition) is 1. The van der Waals surface area contributed by atoms with Gasteiger partial charge in [-0.3, -0.25) is 9.52 Å². The van der Waals surface area contributed by atoms with E-state index in [0.29, 0.717) is 42.2 Å². The molecule has 2 heterocycles. The van der Waals surface area contributed by atoms with Crippen LogP contribution in [0.4, 0.5) is 10.4 Å². The fourth-order valence-corrected chi connectivity index (χ4v) is 4.87. The number of aromatic nitrogens is 1. The summed E-state index contributed by atoms with van der Waals surface area (Å²) < 4.78 is 41.6. The Balaban J connectivity index is 1.50. The predicted molar refractivity (Wildman–Crippen MR) is 147 cm³/mol. The molecule has 3 aromatic carbocycles. The van der Waals surface area contributed by atoms with Gasteiger partial charge in [0.05, 0.1) is 14.2 Å². The van der Waals surface area contributed by atoms with Crippen LogP contribution < -0.4 is 23.8 Å². The van der Waals surface area contributed by atoms with Crippen molar-refractivity contribution in [1.29, 1.82) is 0 Å². The third-order valence-electron chi connectivity index (χ3n) is 6.41. The van der Waals surface area contributed by atoms with E-state index in [1.807, 2.05) is 50.5 Å². The van der Waals surface area contributed by atoms with Crippen molar-refractivity contribution in [2.45, 2.75) is 25.6 Å². The van der Waals surface area contributed by atoms with Crippen LogP contribution in [-0.4, -0.2) is 49.6 Å². The standard InChI is InChI=1S/C28H29FN4O5S/c1-32(2)39-31-27(34)23-14-21-18(15-33(23)28-30-22-11-8-19(29)13-25(22)38-28)7-12-24(36-4)26(21)37-16-17-5-9-20(35-3)10-6-17/h5-13,23H,14-16H2,1-4H3,(H,31,34)/t23-/m0/s1. The number of halogens is 1. The van der Waals surface area contributed by atoms with Gasteiger partial charge in [-0.15, -0.1) is 0 Å². The summed E-state index contributed by atoms with van der Waals surface area (Å²) in [6.07, 6.45) is 0.317. The van der Waals surface area contributed by atoms with Crippen molar-refractivity contribution in [3.63, 3.8) is 0 Å². The third-order valence-corrected chi connectivity index (χ3v) is 7.07. The molecule has 0 spiro atoms. The molecule has 1 N–H and O–H groups in total. The maximum atomic E-state index is 13.8. The molecule has 0 aliphatic carbocycles. The Morgan fingerprint density at radius 1 is 1.15 bits per heavy atom. The number of anilines is 1. The van der Waals surface area contributed by atoms with Crippen molar-refractivity contribution in [2.75, 3.05) is 33.2 Å². The lowest BCUT2D eigenvalue weighted by Crippen LogP contribution is -2.49. The highest BCUT2D eigenvalue weighted by Crippen LogP contribution is 2.40. The number of rotatable bonds is 9. The molecule has 11 heteroatoms. The lowest BCUT2D eigenvalue weighted by atomic mass is 9.92. The van der Waals surface area contributed by atoms with Crippen LogP contribution in [0.2, 0.25) is 0 Å². The molecule has 39 heavy (non-hydrogen) atoms. The summed E-state index contributed by atoms with van der Waals surface area (Å²) in [6, 6.07) is 15.2. The summed E-state index contributed by atoms with van der Waals surface area (Å²) in [5.41, 5.74) is 3.60. The summed E-state index contributed by atoms with van der Waals surface area (Å²) in [7, 11) is 6.89. The van der Waals surface area contributed by atoms with Gasteiger partial charge in [0.1, 0.15) is 29.7 Å². The normalized spacial score (nSPS) is 14.8. The largest absolute Gasteiger partial charge is 0.497 e. The van der Waals surface area contributed by atoms with Crippen LogP contribution in [0.5, 0.6) is 17.2 Å². The minimum atomic E-state index is -0.668. The molecule has 204 valence electrons. The topological polar surface area (TPSA) is 89.3 Å². The minimum absolute atomic E-state index is 0.225. The van der Waals surface area contributed by atoms with Gasteiger partial charge in [0.15, 0.2) is 17.1 Å². The number of ether oxygens (including phenoxy) is 3. The molecule has 0 saturated heterocycles. The van der Waals surface area contributed by atoms with Gasteiger partial charge in [-0.25, -0.2) is 8.70 Å². The maximum absolute atomic E-state index is 13.8. The number of amides is 1. The number of methoxy groups -OCH3 is 2. The van der Waals surface area contributed by atoms with E-state index >= 15 is 0 Å². The van der Waals surface area contributed by atoms with E-state index in [4.69, 9.17) is 18.6 Å². The van der Waals surface area contributed by atoms with Gasteiger partial charge in [-0.2, -0.15) is 4.98 Å². The van der Waals surface area contributed by atoms with Gasteiger partial charge in [0.2, 0.25) is 0 Å². The van der Waals surface area contributed by atoms with Crippen LogP contribution in [0.25, 0.3) is 11.1 Å². The summed E-state index contributed by atoms with van der Waals surface area (Å²) in [6.45, 7) is 0.642. The van der Waals surface area contributed by atoms with E-state index in [1.54, 1.807) is 29.5 Å². The fraction of sp³-hybridized carbons (Fsp3) is 0.286. The zero-order valence-electron chi connectivity index (χ0n) is 22.1. The summed E-state index contributed by atoms with van der Waals surface area (Å²) in [5.74, 6) is 1.28. The van der Waals surface area contributed by atoms with Crippen LogP contribution in [0, 0.1) is 5.82 Å². The zero-order valence-corrected chi connectivity index (χ0v) is 22.9. The highest BCUT2D eigenvalue weighted by Gasteiger charge is 2.37. The number of oxazole rings is 1. The Hall–Kier alpha value is -3.96. The molecular formula is C28H29FN4O5S. The van der Waals surface area contributed by atoms with Crippen molar-refractivity contribution in [3.05, 3.63) is 77.1 Å². The molecule has 0 fully saturated rings. The summed E-state index contributed by atoms with van der Waals surface area (Å²) in [4.78, 5) is 19.8. The van der Waals surface area contributed by atoms with Crippen molar-refractivity contribution >= 4 is 35.2 Å². The second kappa shape index (κ2) is 11.4. The second-order valence-corrected chi connectivity index (χ2v) is 10.3. The molecule has 1 aliphatic heterocycles.